The van der Waals surface area contributed by atoms with Gasteiger partial charge in [0.05, 0.1) is 18.8 Å². The highest BCUT2D eigenvalue weighted by Gasteiger charge is 2.26. The van der Waals surface area contributed by atoms with Gasteiger partial charge in [-0.2, -0.15) is 11.8 Å². The zero-order chi connectivity index (χ0) is 14.4. The van der Waals surface area contributed by atoms with Crippen molar-refractivity contribution in [2.24, 2.45) is 0 Å². The van der Waals surface area contributed by atoms with Crippen LogP contribution in [0, 0.1) is 0 Å². The number of rotatable bonds is 7. The molecular formula is C15H24N2O2S. The molecule has 1 saturated carbocycles. The van der Waals surface area contributed by atoms with E-state index in [4.69, 9.17) is 4.42 Å². The van der Waals surface area contributed by atoms with E-state index in [1.807, 2.05) is 30.8 Å². The van der Waals surface area contributed by atoms with Gasteiger partial charge >= 0.3 is 0 Å². The van der Waals surface area contributed by atoms with E-state index in [9.17, 15) is 4.79 Å². The van der Waals surface area contributed by atoms with Crippen molar-refractivity contribution in [3.8, 4) is 0 Å². The Hall–Kier alpha value is -0.940. The quantitative estimate of drug-likeness (QED) is 0.812. The van der Waals surface area contributed by atoms with Crippen molar-refractivity contribution >= 4 is 17.7 Å². The lowest BCUT2D eigenvalue weighted by atomic mass is 10.2. The second kappa shape index (κ2) is 7.74. The summed E-state index contributed by atoms with van der Waals surface area (Å²) in [7, 11) is 0. The predicted molar refractivity (Wildman–Crippen MR) is 82.7 cm³/mol. The molecule has 0 spiro atoms. The molecular weight excluding hydrogens is 272 g/mol. The van der Waals surface area contributed by atoms with Crippen molar-refractivity contribution in [1.29, 1.82) is 0 Å². The molecule has 1 fully saturated rings. The van der Waals surface area contributed by atoms with Crippen LogP contribution in [0.25, 0.3) is 0 Å². The second-order valence-electron chi connectivity index (χ2n) is 5.27. The standard InChI is InChI=1S/C15H24N2O2S/c1-3-20-14-7-6-12(9-14)17-11(2)15(18)16-10-13-5-4-8-19-13/h4-5,8,11-12,14,17H,3,6-7,9-10H2,1-2H3,(H,16,18). The van der Waals surface area contributed by atoms with Crippen molar-refractivity contribution in [1.82, 2.24) is 10.6 Å². The molecule has 1 amide bonds. The van der Waals surface area contributed by atoms with Crippen LogP contribution in [0.4, 0.5) is 0 Å². The van der Waals surface area contributed by atoms with Gasteiger partial charge < -0.3 is 15.1 Å². The van der Waals surface area contributed by atoms with Crippen LogP contribution < -0.4 is 10.6 Å². The topological polar surface area (TPSA) is 54.3 Å². The van der Waals surface area contributed by atoms with Crippen molar-refractivity contribution in [2.75, 3.05) is 5.75 Å². The minimum Gasteiger partial charge on any atom is -0.467 e. The molecule has 2 N–H and O–H groups in total. The Bertz CT molecular complexity index is 408. The zero-order valence-electron chi connectivity index (χ0n) is 12.2. The second-order valence-corrected chi connectivity index (χ2v) is 6.85. The first-order valence-corrected chi connectivity index (χ1v) is 8.41. The molecule has 0 radical (unpaired) electrons. The number of amides is 1. The molecule has 0 bridgehead atoms. The highest BCUT2D eigenvalue weighted by molar-refractivity contribution is 7.99. The van der Waals surface area contributed by atoms with E-state index in [1.54, 1.807) is 6.26 Å². The maximum absolute atomic E-state index is 12.0. The van der Waals surface area contributed by atoms with Crippen LogP contribution in [0.1, 0.15) is 38.9 Å². The number of carbonyl (C=O) groups excluding carboxylic acids is 1. The summed E-state index contributed by atoms with van der Waals surface area (Å²) in [5.41, 5.74) is 0. The van der Waals surface area contributed by atoms with Crippen LogP contribution in [-0.4, -0.2) is 29.0 Å². The molecule has 1 aliphatic rings. The fraction of sp³-hybridized carbons (Fsp3) is 0.667. The molecule has 112 valence electrons. The number of furan rings is 1. The van der Waals surface area contributed by atoms with Gasteiger partial charge in [0, 0.05) is 11.3 Å². The molecule has 20 heavy (non-hydrogen) atoms. The van der Waals surface area contributed by atoms with Gasteiger partial charge in [-0.05, 0) is 44.1 Å². The van der Waals surface area contributed by atoms with Gasteiger partial charge in [-0.1, -0.05) is 6.92 Å². The van der Waals surface area contributed by atoms with Crippen LogP contribution in [0.5, 0.6) is 0 Å². The molecule has 4 nitrogen and oxygen atoms in total. The number of hydrogen-bond donors (Lipinski definition) is 2. The first-order valence-electron chi connectivity index (χ1n) is 7.36. The molecule has 1 aliphatic carbocycles. The third-order valence-corrected chi connectivity index (χ3v) is 4.92. The first kappa shape index (κ1) is 15.4. The lowest BCUT2D eigenvalue weighted by Crippen LogP contribution is -2.45. The van der Waals surface area contributed by atoms with Gasteiger partial charge in [0.1, 0.15) is 5.76 Å². The van der Waals surface area contributed by atoms with Crippen LogP contribution in [0.2, 0.25) is 0 Å². The average molecular weight is 296 g/mol. The van der Waals surface area contributed by atoms with Gasteiger partial charge in [0.25, 0.3) is 0 Å². The van der Waals surface area contributed by atoms with Crippen LogP contribution in [0.15, 0.2) is 22.8 Å². The van der Waals surface area contributed by atoms with Gasteiger partial charge in [0.2, 0.25) is 5.91 Å². The largest absolute Gasteiger partial charge is 0.467 e. The maximum atomic E-state index is 12.0. The summed E-state index contributed by atoms with van der Waals surface area (Å²) in [5, 5.41) is 7.10. The van der Waals surface area contributed by atoms with Crippen LogP contribution >= 0.6 is 11.8 Å². The van der Waals surface area contributed by atoms with Gasteiger partial charge in [-0.25, -0.2) is 0 Å². The Morgan fingerprint density at radius 1 is 1.55 bits per heavy atom. The van der Waals surface area contributed by atoms with Gasteiger partial charge in [-0.15, -0.1) is 0 Å². The molecule has 5 heteroatoms. The molecule has 3 unspecified atom stereocenters. The number of carbonyl (C=O) groups is 1. The molecule has 1 aromatic rings. The normalized spacial score (nSPS) is 23.7. The van der Waals surface area contributed by atoms with Crippen molar-refractivity contribution < 1.29 is 9.21 Å². The zero-order valence-corrected chi connectivity index (χ0v) is 13.0. The Morgan fingerprint density at radius 3 is 3.10 bits per heavy atom. The Labute approximate surface area is 125 Å². The number of nitrogens with one attached hydrogen (secondary N) is 2. The summed E-state index contributed by atoms with van der Waals surface area (Å²) in [4.78, 5) is 12.0. The maximum Gasteiger partial charge on any atom is 0.237 e. The SMILES string of the molecule is CCSC1CCC(NC(C)C(=O)NCc2ccco2)C1. The highest BCUT2D eigenvalue weighted by Crippen LogP contribution is 2.29. The number of hydrogen-bond acceptors (Lipinski definition) is 4. The average Bonchev–Trinajstić information content (AvgIpc) is 3.08. The van der Waals surface area contributed by atoms with E-state index in [0.29, 0.717) is 12.6 Å². The van der Waals surface area contributed by atoms with Crippen LogP contribution in [-0.2, 0) is 11.3 Å². The first-order chi connectivity index (χ1) is 9.69. The van der Waals surface area contributed by atoms with E-state index in [-0.39, 0.29) is 11.9 Å². The van der Waals surface area contributed by atoms with Gasteiger partial charge in [0.15, 0.2) is 0 Å². The minimum atomic E-state index is -0.152. The molecule has 0 aliphatic heterocycles. The molecule has 3 atom stereocenters. The fourth-order valence-electron chi connectivity index (χ4n) is 2.65. The lowest BCUT2D eigenvalue weighted by molar-refractivity contribution is -0.123. The van der Waals surface area contributed by atoms with Crippen molar-refractivity contribution in [2.45, 2.75) is 57.0 Å². The molecule has 2 rings (SSSR count). The molecule has 0 saturated heterocycles. The summed E-state index contributed by atoms with van der Waals surface area (Å²) in [6.45, 7) is 4.59. The Balaban J connectivity index is 1.69. The summed E-state index contributed by atoms with van der Waals surface area (Å²) in [5.74, 6) is 2.00. The van der Waals surface area contributed by atoms with E-state index < -0.39 is 0 Å². The Kier molecular flexibility index (Phi) is 5.98. The predicted octanol–water partition coefficient (Wildman–Crippen LogP) is 2.55. The fourth-order valence-corrected chi connectivity index (χ4v) is 3.79. The van der Waals surface area contributed by atoms with Crippen LogP contribution in [0.3, 0.4) is 0 Å². The molecule has 0 aromatic carbocycles. The summed E-state index contributed by atoms with van der Waals surface area (Å²) >= 11 is 2.03. The van der Waals surface area contributed by atoms with Crippen molar-refractivity contribution in [3.05, 3.63) is 24.2 Å². The van der Waals surface area contributed by atoms with E-state index >= 15 is 0 Å². The highest BCUT2D eigenvalue weighted by atomic mass is 32.2. The minimum absolute atomic E-state index is 0.0352. The summed E-state index contributed by atoms with van der Waals surface area (Å²) in [6.07, 6.45) is 5.23. The number of thioether (sulfide) groups is 1. The summed E-state index contributed by atoms with van der Waals surface area (Å²) < 4.78 is 5.20. The van der Waals surface area contributed by atoms with E-state index in [1.165, 1.54) is 25.0 Å². The van der Waals surface area contributed by atoms with Crippen molar-refractivity contribution in [3.63, 3.8) is 0 Å². The smallest absolute Gasteiger partial charge is 0.237 e. The Morgan fingerprint density at radius 2 is 2.40 bits per heavy atom. The third kappa shape index (κ3) is 4.56. The molecule has 1 heterocycles. The molecule has 1 aromatic heterocycles. The summed E-state index contributed by atoms with van der Waals surface area (Å²) in [6, 6.07) is 4.01. The van der Waals surface area contributed by atoms with E-state index in [0.717, 1.165) is 11.0 Å². The van der Waals surface area contributed by atoms with Gasteiger partial charge in [-0.3, -0.25) is 4.79 Å². The third-order valence-electron chi connectivity index (χ3n) is 3.68. The monoisotopic (exact) mass is 296 g/mol. The van der Waals surface area contributed by atoms with E-state index in [2.05, 4.69) is 17.6 Å². The lowest BCUT2D eigenvalue weighted by Gasteiger charge is -2.19.